The Hall–Kier alpha value is -3.14. The van der Waals surface area contributed by atoms with Gasteiger partial charge < -0.3 is 20.3 Å². The van der Waals surface area contributed by atoms with Gasteiger partial charge in [-0.2, -0.15) is 0 Å². The van der Waals surface area contributed by atoms with Gasteiger partial charge in [0.15, 0.2) is 0 Å². The number of nitrogens with zero attached hydrogens (tertiary/aromatic N) is 3. The minimum atomic E-state index is -0.818. The van der Waals surface area contributed by atoms with Crippen LogP contribution in [0, 0.1) is 5.82 Å². The van der Waals surface area contributed by atoms with E-state index in [2.05, 4.69) is 15.5 Å². The molecule has 0 radical (unpaired) electrons. The zero-order chi connectivity index (χ0) is 24.7. The fraction of sp³-hybridized carbons (Fsp3) is 0.542. The van der Waals surface area contributed by atoms with E-state index in [0.717, 1.165) is 6.42 Å². The van der Waals surface area contributed by atoms with E-state index in [1.54, 1.807) is 24.0 Å². The number of halogens is 1. The fourth-order valence-corrected chi connectivity index (χ4v) is 4.26. The monoisotopic (exact) mass is 475 g/mol. The number of nitrogens with one attached hydrogen (secondary N) is 2. The van der Waals surface area contributed by atoms with Crippen molar-refractivity contribution in [1.82, 2.24) is 25.3 Å². The van der Waals surface area contributed by atoms with Crippen molar-refractivity contribution in [1.29, 1.82) is 0 Å². The Balaban J connectivity index is 1.89. The van der Waals surface area contributed by atoms with Gasteiger partial charge in [-0.05, 0) is 38.0 Å². The van der Waals surface area contributed by atoms with Crippen molar-refractivity contribution in [3.63, 3.8) is 0 Å². The Morgan fingerprint density at radius 3 is 2.53 bits per heavy atom. The number of benzene rings is 1. The second-order valence-corrected chi connectivity index (χ2v) is 8.26. The van der Waals surface area contributed by atoms with Crippen molar-refractivity contribution >= 4 is 18.0 Å². The fourth-order valence-electron chi connectivity index (χ4n) is 4.26. The predicted molar refractivity (Wildman–Crippen MR) is 125 cm³/mol. The largest absolute Gasteiger partial charge is 0.463 e. The summed E-state index contributed by atoms with van der Waals surface area (Å²) < 4.78 is 19.3. The second-order valence-electron chi connectivity index (χ2n) is 8.26. The third-order valence-electron chi connectivity index (χ3n) is 5.99. The molecule has 1 saturated heterocycles. The van der Waals surface area contributed by atoms with Crippen LogP contribution in [-0.2, 0) is 9.53 Å². The molecule has 4 amide bonds. The molecule has 2 N–H and O–H groups in total. The van der Waals surface area contributed by atoms with E-state index in [-0.39, 0.29) is 18.7 Å². The SMILES string of the molecule is CCCNC(=O)N1CCN(CC2=C(C(=O)OCC)C(c3cccc(F)c3)NC(=O)N2CC)CC1. The van der Waals surface area contributed by atoms with Gasteiger partial charge >= 0.3 is 18.0 Å². The average molecular weight is 476 g/mol. The summed E-state index contributed by atoms with van der Waals surface area (Å²) in [5, 5.41) is 5.73. The van der Waals surface area contributed by atoms with Crippen molar-refractivity contribution < 1.29 is 23.5 Å². The molecular formula is C24H34FN5O4. The molecule has 0 saturated carbocycles. The molecule has 34 heavy (non-hydrogen) atoms. The van der Waals surface area contributed by atoms with Crippen LogP contribution >= 0.6 is 0 Å². The summed E-state index contributed by atoms with van der Waals surface area (Å²) in [4.78, 5) is 43.8. The van der Waals surface area contributed by atoms with Gasteiger partial charge in [0.2, 0.25) is 0 Å². The number of amides is 4. The number of piperazine rings is 1. The highest BCUT2D eigenvalue weighted by Crippen LogP contribution is 2.32. The van der Waals surface area contributed by atoms with Gasteiger partial charge in [-0.1, -0.05) is 19.1 Å². The highest BCUT2D eigenvalue weighted by Gasteiger charge is 2.38. The molecule has 2 heterocycles. The van der Waals surface area contributed by atoms with Gasteiger partial charge in [0, 0.05) is 51.5 Å². The third kappa shape index (κ3) is 5.85. The second kappa shape index (κ2) is 11.8. The lowest BCUT2D eigenvalue weighted by molar-refractivity contribution is -0.139. The molecule has 186 valence electrons. The molecule has 1 unspecified atom stereocenters. The Morgan fingerprint density at radius 2 is 1.91 bits per heavy atom. The summed E-state index contributed by atoms with van der Waals surface area (Å²) in [6.07, 6.45) is 0.873. The first-order valence-electron chi connectivity index (χ1n) is 11.9. The van der Waals surface area contributed by atoms with Crippen LogP contribution in [0.25, 0.3) is 0 Å². The standard InChI is InChI=1S/C24H34FN5O4/c1-4-10-26-23(32)29-13-11-28(12-14-29)16-19-20(22(31)34-6-3)21(27-24(33)30(19)5-2)17-8-7-9-18(25)15-17/h7-9,15,21H,4-6,10-14,16H2,1-3H3,(H,26,32)(H,27,33). The van der Waals surface area contributed by atoms with Crippen LogP contribution in [-0.4, -0.2) is 85.2 Å². The van der Waals surface area contributed by atoms with E-state index in [0.29, 0.717) is 62.6 Å². The average Bonchev–Trinajstić information content (AvgIpc) is 2.83. The van der Waals surface area contributed by atoms with Gasteiger partial charge in [0.05, 0.1) is 18.2 Å². The number of urea groups is 2. The van der Waals surface area contributed by atoms with Crippen LogP contribution in [0.2, 0.25) is 0 Å². The summed E-state index contributed by atoms with van der Waals surface area (Å²) in [5.74, 6) is -0.991. The number of hydrogen-bond acceptors (Lipinski definition) is 5. The van der Waals surface area contributed by atoms with E-state index < -0.39 is 17.8 Å². The zero-order valence-electron chi connectivity index (χ0n) is 20.1. The van der Waals surface area contributed by atoms with Crippen LogP contribution in [0.4, 0.5) is 14.0 Å². The van der Waals surface area contributed by atoms with Crippen LogP contribution in [0.3, 0.4) is 0 Å². The van der Waals surface area contributed by atoms with Gasteiger partial charge in [0.25, 0.3) is 0 Å². The van der Waals surface area contributed by atoms with E-state index in [4.69, 9.17) is 4.74 Å². The highest BCUT2D eigenvalue weighted by atomic mass is 19.1. The third-order valence-corrected chi connectivity index (χ3v) is 5.99. The van der Waals surface area contributed by atoms with E-state index in [1.807, 2.05) is 13.8 Å². The smallest absolute Gasteiger partial charge is 0.338 e. The first-order chi connectivity index (χ1) is 16.4. The molecule has 10 heteroatoms. The molecule has 1 fully saturated rings. The molecular weight excluding hydrogens is 441 g/mol. The van der Waals surface area contributed by atoms with Crippen LogP contribution in [0.1, 0.15) is 38.8 Å². The van der Waals surface area contributed by atoms with Gasteiger partial charge in [-0.15, -0.1) is 0 Å². The predicted octanol–water partition coefficient (Wildman–Crippen LogP) is 2.47. The molecule has 0 bridgehead atoms. The summed E-state index contributed by atoms with van der Waals surface area (Å²) in [7, 11) is 0. The maximum Gasteiger partial charge on any atom is 0.338 e. The Bertz CT molecular complexity index is 930. The van der Waals surface area contributed by atoms with Crippen molar-refractivity contribution in [3.8, 4) is 0 Å². The number of carbonyl (C=O) groups is 3. The molecule has 0 aromatic heterocycles. The number of likely N-dealkylation sites (N-methyl/N-ethyl adjacent to an activating group) is 1. The van der Waals surface area contributed by atoms with Gasteiger partial charge in [-0.25, -0.2) is 18.8 Å². The van der Waals surface area contributed by atoms with E-state index >= 15 is 0 Å². The zero-order valence-corrected chi connectivity index (χ0v) is 20.1. The molecule has 9 nitrogen and oxygen atoms in total. The van der Waals surface area contributed by atoms with Crippen molar-refractivity contribution in [2.24, 2.45) is 0 Å². The molecule has 1 atom stereocenters. The number of esters is 1. The van der Waals surface area contributed by atoms with Crippen LogP contribution in [0.15, 0.2) is 35.5 Å². The Kier molecular flexibility index (Phi) is 8.86. The summed E-state index contributed by atoms with van der Waals surface area (Å²) in [6.45, 7) is 9.36. The molecule has 0 spiro atoms. The lowest BCUT2D eigenvalue weighted by Crippen LogP contribution is -2.55. The van der Waals surface area contributed by atoms with Gasteiger partial charge in [-0.3, -0.25) is 9.80 Å². The van der Waals surface area contributed by atoms with Crippen molar-refractivity contribution in [3.05, 3.63) is 46.9 Å². The quantitative estimate of drug-likeness (QED) is 0.564. The highest BCUT2D eigenvalue weighted by molar-refractivity contribution is 5.95. The van der Waals surface area contributed by atoms with Crippen molar-refractivity contribution in [2.75, 3.05) is 52.4 Å². The summed E-state index contributed by atoms with van der Waals surface area (Å²) in [5.41, 5.74) is 1.32. The number of hydrogen-bond donors (Lipinski definition) is 2. The molecule has 2 aliphatic heterocycles. The first-order valence-corrected chi connectivity index (χ1v) is 11.9. The van der Waals surface area contributed by atoms with Crippen molar-refractivity contribution in [2.45, 2.75) is 33.2 Å². The van der Waals surface area contributed by atoms with E-state index in [9.17, 15) is 18.8 Å². The number of ether oxygens (including phenoxy) is 1. The minimum absolute atomic E-state index is 0.0775. The molecule has 2 aliphatic rings. The maximum absolute atomic E-state index is 14.0. The van der Waals surface area contributed by atoms with Crippen LogP contribution < -0.4 is 10.6 Å². The van der Waals surface area contributed by atoms with Gasteiger partial charge in [0.1, 0.15) is 5.82 Å². The number of rotatable bonds is 8. The minimum Gasteiger partial charge on any atom is -0.463 e. The Morgan fingerprint density at radius 1 is 1.18 bits per heavy atom. The molecule has 1 aromatic carbocycles. The topological polar surface area (TPSA) is 94.2 Å². The normalized spacial score (nSPS) is 19.2. The lowest BCUT2D eigenvalue weighted by atomic mass is 9.94. The Labute approximate surface area is 199 Å². The first kappa shape index (κ1) is 25.5. The lowest BCUT2D eigenvalue weighted by Gasteiger charge is -2.40. The maximum atomic E-state index is 14.0. The summed E-state index contributed by atoms with van der Waals surface area (Å²) in [6, 6.07) is 4.62. The molecule has 0 aliphatic carbocycles. The van der Waals surface area contributed by atoms with Crippen LogP contribution in [0.5, 0.6) is 0 Å². The molecule has 1 aromatic rings. The summed E-state index contributed by atoms with van der Waals surface area (Å²) >= 11 is 0. The van der Waals surface area contributed by atoms with E-state index in [1.165, 1.54) is 17.0 Å². The number of carbonyl (C=O) groups excluding carboxylic acids is 3. The molecule has 3 rings (SSSR count).